The summed E-state index contributed by atoms with van der Waals surface area (Å²) in [5, 5.41) is 13.4. The number of hydrogen-bond acceptors (Lipinski definition) is 6. The molecule has 0 spiro atoms. The number of carbonyl (C=O) groups excluding carboxylic acids is 2. The van der Waals surface area contributed by atoms with Crippen LogP contribution in [-0.2, 0) is 30.3 Å². The number of carboxylic acid groups (broad SMARTS) is 1. The second-order valence-electron chi connectivity index (χ2n) is 7.19. The van der Waals surface area contributed by atoms with Gasteiger partial charge < -0.3 is 19.9 Å². The zero-order valence-corrected chi connectivity index (χ0v) is 19.3. The van der Waals surface area contributed by atoms with E-state index in [0.717, 1.165) is 0 Å². The van der Waals surface area contributed by atoms with Gasteiger partial charge in [0, 0.05) is 30.7 Å². The van der Waals surface area contributed by atoms with Gasteiger partial charge in [0.05, 0.1) is 21.2 Å². The molecule has 1 aliphatic rings. The number of halogens is 2. The molecule has 0 aromatic heterocycles. The molecule has 0 radical (unpaired) electrons. The maximum Gasteiger partial charge on any atom is 0.339 e. The lowest BCUT2D eigenvalue weighted by Crippen LogP contribution is -2.35. The van der Waals surface area contributed by atoms with E-state index in [1.54, 1.807) is 32.0 Å². The third kappa shape index (κ3) is 6.02. The SMILES string of the molecule is CCCC(=O)OC(C)OC(=O)C1=C(C)NC(C)=C(C(=O)O)C1Cc1cccc(Cl)c1Cl. The zero-order chi connectivity index (χ0) is 23.3. The largest absolute Gasteiger partial charge is 0.478 e. The van der Waals surface area contributed by atoms with Crippen molar-refractivity contribution in [2.24, 2.45) is 5.92 Å². The third-order valence-electron chi connectivity index (χ3n) is 4.81. The number of carboxylic acids is 1. The van der Waals surface area contributed by atoms with E-state index in [-0.39, 0.29) is 29.0 Å². The van der Waals surface area contributed by atoms with Crippen LogP contribution in [0.25, 0.3) is 0 Å². The number of benzene rings is 1. The summed E-state index contributed by atoms with van der Waals surface area (Å²) in [6, 6.07) is 5.04. The predicted molar refractivity (Wildman–Crippen MR) is 116 cm³/mol. The second kappa shape index (κ2) is 10.7. The van der Waals surface area contributed by atoms with Gasteiger partial charge in [-0.25, -0.2) is 9.59 Å². The van der Waals surface area contributed by atoms with Crippen molar-refractivity contribution in [3.8, 4) is 0 Å². The fourth-order valence-electron chi connectivity index (χ4n) is 3.50. The first-order valence-electron chi connectivity index (χ1n) is 9.81. The Morgan fingerprint density at radius 1 is 1.13 bits per heavy atom. The van der Waals surface area contributed by atoms with Gasteiger partial charge in [-0.3, -0.25) is 4.79 Å². The summed E-state index contributed by atoms with van der Waals surface area (Å²) in [7, 11) is 0. The summed E-state index contributed by atoms with van der Waals surface area (Å²) in [6.07, 6.45) is -0.206. The van der Waals surface area contributed by atoms with Gasteiger partial charge >= 0.3 is 17.9 Å². The topological polar surface area (TPSA) is 102 Å². The van der Waals surface area contributed by atoms with Crippen LogP contribution in [0.15, 0.2) is 40.7 Å². The molecule has 0 saturated carbocycles. The van der Waals surface area contributed by atoms with Crippen LogP contribution in [-0.4, -0.2) is 29.3 Å². The van der Waals surface area contributed by atoms with Crippen LogP contribution in [0.4, 0.5) is 0 Å². The van der Waals surface area contributed by atoms with Gasteiger partial charge in [0.1, 0.15) is 0 Å². The fourth-order valence-corrected chi connectivity index (χ4v) is 3.90. The third-order valence-corrected chi connectivity index (χ3v) is 5.67. The van der Waals surface area contributed by atoms with Crippen LogP contribution in [0.3, 0.4) is 0 Å². The van der Waals surface area contributed by atoms with Gasteiger partial charge in [-0.15, -0.1) is 0 Å². The molecule has 1 aromatic carbocycles. The van der Waals surface area contributed by atoms with Gasteiger partial charge in [-0.2, -0.15) is 0 Å². The molecule has 0 fully saturated rings. The molecule has 0 bridgehead atoms. The summed E-state index contributed by atoms with van der Waals surface area (Å²) in [6.45, 7) is 6.53. The minimum absolute atomic E-state index is 0.0178. The Labute approximate surface area is 191 Å². The van der Waals surface area contributed by atoms with Crippen LogP contribution in [0.5, 0.6) is 0 Å². The summed E-state index contributed by atoms with van der Waals surface area (Å²) in [5.74, 6) is -3.29. The molecule has 31 heavy (non-hydrogen) atoms. The van der Waals surface area contributed by atoms with Crippen molar-refractivity contribution >= 4 is 41.1 Å². The minimum Gasteiger partial charge on any atom is -0.478 e. The molecule has 1 aromatic rings. The molecule has 168 valence electrons. The van der Waals surface area contributed by atoms with E-state index in [9.17, 15) is 19.5 Å². The lowest BCUT2D eigenvalue weighted by atomic mass is 9.81. The Morgan fingerprint density at radius 3 is 2.39 bits per heavy atom. The van der Waals surface area contributed by atoms with E-state index in [0.29, 0.717) is 28.4 Å². The van der Waals surface area contributed by atoms with Crippen molar-refractivity contribution in [1.82, 2.24) is 5.32 Å². The Morgan fingerprint density at radius 2 is 1.77 bits per heavy atom. The highest BCUT2D eigenvalue weighted by atomic mass is 35.5. The van der Waals surface area contributed by atoms with Crippen molar-refractivity contribution in [1.29, 1.82) is 0 Å². The summed E-state index contributed by atoms with van der Waals surface area (Å²) in [5.41, 5.74) is 1.59. The van der Waals surface area contributed by atoms with E-state index >= 15 is 0 Å². The fraction of sp³-hybridized carbons (Fsp3) is 0.409. The van der Waals surface area contributed by atoms with Gasteiger partial charge in [0.15, 0.2) is 0 Å². The highest BCUT2D eigenvalue weighted by molar-refractivity contribution is 6.42. The molecule has 7 nitrogen and oxygen atoms in total. The number of allylic oxidation sites excluding steroid dienone is 2. The first-order chi connectivity index (χ1) is 14.6. The van der Waals surface area contributed by atoms with Crippen molar-refractivity contribution in [3.63, 3.8) is 0 Å². The highest BCUT2D eigenvalue weighted by Gasteiger charge is 2.37. The van der Waals surface area contributed by atoms with E-state index in [1.165, 1.54) is 6.92 Å². The number of aliphatic carboxylic acids is 1. The summed E-state index contributed by atoms with van der Waals surface area (Å²) < 4.78 is 10.4. The number of ether oxygens (including phenoxy) is 2. The molecule has 2 N–H and O–H groups in total. The van der Waals surface area contributed by atoms with Crippen molar-refractivity contribution in [2.75, 3.05) is 0 Å². The molecule has 9 heteroatoms. The molecule has 2 rings (SSSR count). The minimum atomic E-state index is -1.17. The normalized spacial score (nSPS) is 17.2. The standard InChI is InChI=1S/C22H25Cl2NO6/c1-5-7-17(26)30-13(4)31-22(29)19-12(3)25-11(2)18(21(27)28)15(19)10-14-8-6-9-16(23)20(14)24/h6,8-9,13,15,25H,5,7,10H2,1-4H3,(H,27,28). The Kier molecular flexibility index (Phi) is 8.53. The molecule has 0 saturated heterocycles. The Bertz CT molecular complexity index is 953. The first-order valence-corrected chi connectivity index (χ1v) is 10.6. The maximum atomic E-state index is 13.0. The number of hydrogen-bond donors (Lipinski definition) is 2. The molecular formula is C22H25Cl2NO6. The van der Waals surface area contributed by atoms with Gasteiger partial charge in [0.2, 0.25) is 6.29 Å². The van der Waals surface area contributed by atoms with E-state index in [2.05, 4.69) is 5.32 Å². The monoisotopic (exact) mass is 469 g/mol. The molecular weight excluding hydrogens is 445 g/mol. The van der Waals surface area contributed by atoms with Crippen molar-refractivity contribution < 1.29 is 29.0 Å². The Balaban J connectivity index is 2.38. The first kappa shape index (κ1) is 24.8. The molecule has 2 unspecified atom stereocenters. The lowest BCUT2D eigenvalue weighted by Gasteiger charge is -2.30. The van der Waals surface area contributed by atoms with Gasteiger partial charge in [0.25, 0.3) is 0 Å². The number of dihydropyridines is 1. The Hall–Kier alpha value is -2.51. The van der Waals surface area contributed by atoms with Crippen molar-refractivity contribution in [2.45, 2.75) is 53.2 Å². The molecule has 0 amide bonds. The van der Waals surface area contributed by atoms with Gasteiger partial charge in [-0.1, -0.05) is 42.3 Å². The van der Waals surface area contributed by atoms with Gasteiger partial charge in [-0.05, 0) is 38.3 Å². The molecule has 1 heterocycles. The second-order valence-corrected chi connectivity index (χ2v) is 7.98. The smallest absolute Gasteiger partial charge is 0.339 e. The maximum absolute atomic E-state index is 13.0. The molecule has 0 aliphatic carbocycles. The summed E-state index contributed by atoms with van der Waals surface area (Å²) >= 11 is 12.4. The molecule has 1 aliphatic heterocycles. The molecule has 2 atom stereocenters. The zero-order valence-electron chi connectivity index (χ0n) is 17.8. The van der Waals surface area contributed by atoms with E-state index < -0.39 is 30.1 Å². The average molecular weight is 470 g/mol. The average Bonchev–Trinajstić information content (AvgIpc) is 2.64. The van der Waals surface area contributed by atoms with Crippen LogP contribution >= 0.6 is 23.2 Å². The predicted octanol–water partition coefficient (Wildman–Crippen LogP) is 4.62. The van der Waals surface area contributed by atoms with E-state index in [4.69, 9.17) is 32.7 Å². The van der Waals surface area contributed by atoms with Crippen LogP contribution < -0.4 is 5.32 Å². The van der Waals surface area contributed by atoms with Crippen LogP contribution in [0.2, 0.25) is 10.0 Å². The number of esters is 2. The van der Waals surface area contributed by atoms with Crippen molar-refractivity contribution in [3.05, 3.63) is 56.3 Å². The lowest BCUT2D eigenvalue weighted by molar-refractivity contribution is -0.182. The van der Waals surface area contributed by atoms with Crippen LogP contribution in [0, 0.1) is 5.92 Å². The highest BCUT2D eigenvalue weighted by Crippen LogP contribution is 2.36. The van der Waals surface area contributed by atoms with Crippen LogP contribution in [0.1, 0.15) is 46.1 Å². The number of nitrogens with one attached hydrogen (secondary N) is 1. The van der Waals surface area contributed by atoms with E-state index in [1.807, 2.05) is 6.92 Å². The number of carbonyl (C=O) groups is 3. The number of rotatable bonds is 8. The summed E-state index contributed by atoms with van der Waals surface area (Å²) in [4.78, 5) is 36.7. The quantitative estimate of drug-likeness (QED) is 0.422.